The second kappa shape index (κ2) is 6.90. The first-order chi connectivity index (χ1) is 9.95. The Labute approximate surface area is 128 Å². The van der Waals surface area contributed by atoms with Crippen LogP contribution in [0.25, 0.3) is 10.9 Å². The monoisotopic (exact) mass is 285 g/mol. The van der Waals surface area contributed by atoms with Gasteiger partial charge < -0.3 is 5.73 Å². The van der Waals surface area contributed by atoms with E-state index in [2.05, 4.69) is 32.6 Å². The van der Waals surface area contributed by atoms with Gasteiger partial charge in [0, 0.05) is 30.7 Å². The van der Waals surface area contributed by atoms with Gasteiger partial charge in [-0.15, -0.1) is 0 Å². The molecule has 0 aliphatic carbocycles. The molecule has 0 unspecified atom stereocenters. The number of rotatable bonds is 6. The first-order valence-electron chi connectivity index (χ1n) is 7.82. The van der Waals surface area contributed by atoms with Crippen LogP contribution in [0.5, 0.6) is 0 Å². The highest BCUT2D eigenvalue weighted by Gasteiger charge is 2.12. The first-order valence-corrected chi connectivity index (χ1v) is 7.82. The molecule has 2 aromatic rings. The predicted octanol–water partition coefficient (Wildman–Crippen LogP) is 3.93. The quantitative estimate of drug-likeness (QED) is 0.874. The third-order valence-electron chi connectivity index (χ3n) is 3.43. The third kappa shape index (κ3) is 4.43. The second-order valence-electron chi connectivity index (χ2n) is 6.70. The number of nitrogen functional groups attached to an aromatic ring is 1. The first kappa shape index (κ1) is 15.8. The Kier molecular flexibility index (Phi) is 5.18. The van der Waals surface area contributed by atoms with E-state index in [1.54, 1.807) is 0 Å². The Bertz CT molecular complexity index is 580. The molecule has 0 radical (unpaired) electrons. The molecule has 0 aliphatic rings. The molecular formula is C18H27N3. The number of nitrogens with zero attached hydrogens (tertiary/aromatic N) is 2. The summed E-state index contributed by atoms with van der Waals surface area (Å²) in [6.07, 6.45) is 0. The minimum Gasteiger partial charge on any atom is -0.398 e. The number of pyridine rings is 1. The van der Waals surface area contributed by atoms with Crippen LogP contribution in [-0.4, -0.2) is 23.0 Å². The molecule has 0 aliphatic heterocycles. The zero-order chi connectivity index (χ0) is 15.4. The van der Waals surface area contributed by atoms with Gasteiger partial charge in [0.15, 0.2) is 0 Å². The van der Waals surface area contributed by atoms with Crippen molar-refractivity contribution in [3.63, 3.8) is 0 Å². The van der Waals surface area contributed by atoms with E-state index in [9.17, 15) is 0 Å². The predicted molar refractivity (Wildman–Crippen MR) is 91.1 cm³/mol. The van der Waals surface area contributed by atoms with Crippen molar-refractivity contribution in [2.45, 2.75) is 34.2 Å². The molecule has 3 nitrogen and oxygen atoms in total. The molecule has 114 valence electrons. The number of nitrogens with two attached hydrogens (primary N) is 1. The minimum atomic E-state index is 0.654. The van der Waals surface area contributed by atoms with Crippen LogP contribution < -0.4 is 5.73 Å². The van der Waals surface area contributed by atoms with Gasteiger partial charge >= 0.3 is 0 Å². The van der Waals surface area contributed by atoms with Crippen molar-refractivity contribution >= 4 is 16.6 Å². The Morgan fingerprint density at radius 2 is 1.67 bits per heavy atom. The van der Waals surface area contributed by atoms with Crippen molar-refractivity contribution in [3.8, 4) is 0 Å². The summed E-state index contributed by atoms with van der Waals surface area (Å²) in [7, 11) is 0. The molecule has 0 saturated carbocycles. The Morgan fingerprint density at radius 1 is 1.05 bits per heavy atom. The van der Waals surface area contributed by atoms with Crippen molar-refractivity contribution in [2.24, 2.45) is 11.8 Å². The highest BCUT2D eigenvalue weighted by Crippen LogP contribution is 2.21. The van der Waals surface area contributed by atoms with Crippen LogP contribution in [-0.2, 0) is 6.54 Å². The molecule has 0 bridgehead atoms. The molecule has 2 rings (SSSR count). The lowest BCUT2D eigenvalue weighted by Gasteiger charge is -2.26. The van der Waals surface area contributed by atoms with Crippen LogP contribution in [0.3, 0.4) is 0 Å². The maximum atomic E-state index is 6.18. The fourth-order valence-corrected chi connectivity index (χ4v) is 2.81. The summed E-state index contributed by atoms with van der Waals surface area (Å²) in [6, 6.07) is 10.1. The summed E-state index contributed by atoms with van der Waals surface area (Å²) < 4.78 is 0. The molecule has 1 aromatic carbocycles. The molecule has 1 heterocycles. The molecule has 0 fully saturated rings. The summed E-state index contributed by atoms with van der Waals surface area (Å²) in [5.74, 6) is 1.31. The summed E-state index contributed by atoms with van der Waals surface area (Å²) in [6.45, 7) is 12.1. The second-order valence-corrected chi connectivity index (χ2v) is 6.70. The third-order valence-corrected chi connectivity index (χ3v) is 3.43. The molecule has 2 N–H and O–H groups in total. The summed E-state index contributed by atoms with van der Waals surface area (Å²) in [5.41, 5.74) is 9.05. The van der Waals surface area contributed by atoms with Crippen molar-refractivity contribution in [1.82, 2.24) is 9.88 Å². The van der Waals surface area contributed by atoms with Gasteiger partial charge in [-0.2, -0.15) is 0 Å². The standard InChI is InChI=1S/C18H27N3/c1-13(2)10-21(11-14(3)4)12-15-9-17(19)16-7-5-6-8-18(16)20-15/h5-9,13-14H,10-12H2,1-4H3,(H2,19,20). The van der Waals surface area contributed by atoms with Crippen molar-refractivity contribution in [3.05, 3.63) is 36.0 Å². The maximum Gasteiger partial charge on any atom is 0.0726 e. The SMILES string of the molecule is CC(C)CN(Cc1cc(N)c2ccccc2n1)CC(C)C. The number of hydrogen-bond donors (Lipinski definition) is 1. The van der Waals surface area contributed by atoms with Crippen LogP contribution in [0, 0.1) is 11.8 Å². The van der Waals surface area contributed by atoms with E-state index in [4.69, 9.17) is 10.7 Å². The lowest BCUT2D eigenvalue weighted by atomic mass is 10.1. The molecule has 21 heavy (non-hydrogen) atoms. The molecule has 1 aromatic heterocycles. The van der Waals surface area contributed by atoms with E-state index in [0.717, 1.165) is 41.9 Å². The highest BCUT2D eigenvalue weighted by molar-refractivity contribution is 5.90. The van der Waals surface area contributed by atoms with Gasteiger partial charge in [0.2, 0.25) is 0 Å². The van der Waals surface area contributed by atoms with Crippen LogP contribution in [0.2, 0.25) is 0 Å². The summed E-state index contributed by atoms with van der Waals surface area (Å²) >= 11 is 0. The van der Waals surface area contributed by atoms with Gasteiger partial charge in [0.05, 0.1) is 11.2 Å². The summed E-state index contributed by atoms with van der Waals surface area (Å²) in [5, 5.41) is 1.04. The highest BCUT2D eigenvalue weighted by atomic mass is 15.1. The van der Waals surface area contributed by atoms with E-state index in [0.29, 0.717) is 11.8 Å². The fourth-order valence-electron chi connectivity index (χ4n) is 2.81. The fraction of sp³-hybridized carbons (Fsp3) is 0.500. The Balaban J connectivity index is 2.23. The van der Waals surface area contributed by atoms with Gasteiger partial charge in [0.1, 0.15) is 0 Å². The van der Waals surface area contributed by atoms with Gasteiger partial charge in [0.25, 0.3) is 0 Å². The number of para-hydroxylation sites is 1. The van der Waals surface area contributed by atoms with E-state index in [-0.39, 0.29) is 0 Å². The number of benzene rings is 1. The molecule has 0 amide bonds. The van der Waals surface area contributed by atoms with E-state index in [1.807, 2.05) is 30.3 Å². The molecule has 0 atom stereocenters. The van der Waals surface area contributed by atoms with Gasteiger partial charge in [-0.3, -0.25) is 9.88 Å². The van der Waals surface area contributed by atoms with Crippen LogP contribution in [0.1, 0.15) is 33.4 Å². The van der Waals surface area contributed by atoms with Crippen molar-refractivity contribution in [1.29, 1.82) is 0 Å². The largest absolute Gasteiger partial charge is 0.398 e. The zero-order valence-electron chi connectivity index (χ0n) is 13.6. The average Bonchev–Trinajstić information content (AvgIpc) is 2.37. The smallest absolute Gasteiger partial charge is 0.0726 e. The zero-order valence-corrected chi connectivity index (χ0v) is 13.6. The average molecular weight is 285 g/mol. The minimum absolute atomic E-state index is 0.654. The summed E-state index contributed by atoms with van der Waals surface area (Å²) in [4.78, 5) is 7.25. The van der Waals surface area contributed by atoms with E-state index >= 15 is 0 Å². The van der Waals surface area contributed by atoms with Gasteiger partial charge in [-0.1, -0.05) is 45.9 Å². The van der Waals surface area contributed by atoms with Gasteiger partial charge in [-0.25, -0.2) is 0 Å². The Morgan fingerprint density at radius 3 is 2.29 bits per heavy atom. The molecular weight excluding hydrogens is 258 g/mol. The molecule has 0 saturated heterocycles. The molecule has 3 heteroatoms. The van der Waals surface area contributed by atoms with E-state index < -0.39 is 0 Å². The lowest BCUT2D eigenvalue weighted by molar-refractivity contribution is 0.209. The number of hydrogen-bond acceptors (Lipinski definition) is 3. The van der Waals surface area contributed by atoms with Gasteiger partial charge in [-0.05, 0) is 24.0 Å². The van der Waals surface area contributed by atoms with Crippen LogP contribution in [0.4, 0.5) is 5.69 Å². The van der Waals surface area contributed by atoms with E-state index in [1.165, 1.54) is 0 Å². The number of anilines is 1. The lowest BCUT2D eigenvalue weighted by Crippen LogP contribution is -2.31. The van der Waals surface area contributed by atoms with Crippen molar-refractivity contribution < 1.29 is 0 Å². The maximum absolute atomic E-state index is 6.18. The van der Waals surface area contributed by atoms with Crippen molar-refractivity contribution in [2.75, 3.05) is 18.8 Å². The topological polar surface area (TPSA) is 42.1 Å². The number of aromatic nitrogens is 1. The van der Waals surface area contributed by atoms with Crippen LogP contribution >= 0.6 is 0 Å². The van der Waals surface area contributed by atoms with Crippen LogP contribution in [0.15, 0.2) is 30.3 Å². The molecule has 0 spiro atoms. The normalized spacial score (nSPS) is 12.0. The number of fused-ring (bicyclic) bond motifs is 1. The Hall–Kier alpha value is -1.61.